The number of piperazine rings is 1. The van der Waals surface area contributed by atoms with Gasteiger partial charge in [-0.1, -0.05) is 12.1 Å². The highest BCUT2D eigenvalue weighted by molar-refractivity contribution is 6.00. The number of nitrogens with one attached hydrogen (secondary N) is 1. The first-order chi connectivity index (χ1) is 12.1. The number of hydrogen-bond donors (Lipinski definition) is 1. The Hall–Kier alpha value is -2.22. The lowest BCUT2D eigenvalue weighted by molar-refractivity contribution is -0.135. The van der Waals surface area contributed by atoms with Gasteiger partial charge >= 0.3 is 6.61 Å². The van der Waals surface area contributed by atoms with Gasteiger partial charge in [0.2, 0.25) is 5.91 Å². The molecule has 1 atom stereocenters. The number of likely N-dealkylation sites (tertiary alicyclic amines) is 1. The van der Waals surface area contributed by atoms with Gasteiger partial charge in [-0.15, -0.1) is 0 Å². The molecular formula is C17H21F2N3O3. The predicted molar refractivity (Wildman–Crippen MR) is 86.6 cm³/mol. The van der Waals surface area contributed by atoms with E-state index in [0.29, 0.717) is 32.5 Å². The molecule has 2 fully saturated rings. The molecule has 0 saturated carbocycles. The SMILES string of the molecule is O=C(C1CCCN1C(=O)c1ccccc1OC(F)F)N1CCNCC1. The third-order valence-electron chi connectivity index (χ3n) is 4.56. The first-order valence-corrected chi connectivity index (χ1v) is 8.42. The molecule has 0 radical (unpaired) electrons. The maximum atomic E-state index is 12.9. The van der Waals surface area contributed by atoms with Crippen LogP contribution in [0.15, 0.2) is 24.3 Å². The summed E-state index contributed by atoms with van der Waals surface area (Å²) in [6.45, 7) is 0.121. The summed E-state index contributed by atoms with van der Waals surface area (Å²) in [7, 11) is 0. The molecule has 1 unspecified atom stereocenters. The maximum Gasteiger partial charge on any atom is 0.387 e. The zero-order valence-electron chi connectivity index (χ0n) is 13.8. The molecule has 1 aromatic rings. The van der Waals surface area contributed by atoms with E-state index in [1.54, 1.807) is 11.0 Å². The molecule has 8 heteroatoms. The predicted octanol–water partition coefficient (Wildman–Crippen LogP) is 1.32. The number of rotatable bonds is 4. The number of carbonyl (C=O) groups is 2. The van der Waals surface area contributed by atoms with Gasteiger partial charge in [-0.25, -0.2) is 0 Å². The number of nitrogens with zero attached hydrogens (tertiary/aromatic N) is 2. The number of benzene rings is 1. The van der Waals surface area contributed by atoms with Gasteiger partial charge in [0, 0.05) is 32.7 Å². The van der Waals surface area contributed by atoms with E-state index in [9.17, 15) is 18.4 Å². The van der Waals surface area contributed by atoms with E-state index in [2.05, 4.69) is 10.1 Å². The lowest BCUT2D eigenvalue weighted by Crippen LogP contribution is -2.53. The van der Waals surface area contributed by atoms with E-state index < -0.39 is 18.6 Å². The molecule has 2 amide bonds. The van der Waals surface area contributed by atoms with Crippen molar-refractivity contribution in [2.24, 2.45) is 0 Å². The molecule has 2 heterocycles. The number of para-hydroxylation sites is 1. The van der Waals surface area contributed by atoms with Crippen molar-refractivity contribution in [3.8, 4) is 5.75 Å². The fraction of sp³-hybridized carbons (Fsp3) is 0.529. The van der Waals surface area contributed by atoms with Crippen LogP contribution >= 0.6 is 0 Å². The minimum atomic E-state index is -3.01. The molecule has 25 heavy (non-hydrogen) atoms. The summed E-state index contributed by atoms with van der Waals surface area (Å²) in [5.74, 6) is -0.676. The van der Waals surface area contributed by atoms with Gasteiger partial charge in [-0.3, -0.25) is 9.59 Å². The Morgan fingerprint density at radius 3 is 2.60 bits per heavy atom. The summed E-state index contributed by atoms with van der Waals surface area (Å²) in [4.78, 5) is 28.9. The lowest BCUT2D eigenvalue weighted by atomic mass is 10.1. The van der Waals surface area contributed by atoms with E-state index in [1.807, 2.05) is 0 Å². The zero-order chi connectivity index (χ0) is 17.8. The fourth-order valence-corrected chi connectivity index (χ4v) is 3.36. The average Bonchev–Trinajstić information content (AvgIpc) is 3.11. The number of hydrogen-bond acceptors (Lipinski definition) is 4. The molecule has 0 spiro atoms. The minimum Gasteiger partial charge on any atom is -0.434 e. The third kappa shape index (κ3) is 3.89. The highest BCUT2D eigenvalue weighted by atomic mass is 19.3. The Bertz CT molecular complexity index is 635. The number of ether oxygens (including phenoxy) is 1. The summed E-state index contributed by atoms with van der Waals surface area (Å²) in [5, 5.41) is 3.18. The molecule has 136 valence electrons. The van der Waals surface area contributed by atoms with Gasteiger partial charge < -0.3 is 19.9 Å². The van der Waals surface area contributed by atoms with Crippen molar-refractivity contribution in [3.05, 3.63) is 29.8 Å². The molecule has 2 aliphatic rings. The normalized spacial score (nSPS) is 20.8. The monoisotopic (exact) mass is 353 g/mol. The Labute approximate surface area is 144 Å². The number of halogens is 2. The van der Waals surface area contributed by atoms with Crippen molar-refractivity contribution in [2.75, 3.05) is 32.7 Å². The molecule has 1 aromatic carbocycles. The summed E-state index contributed by atoms with van der Waals surface area (Å²) < 4.78 is 29.6. The topological polar surface area (TPSA) is 61.9 Å². The molecule has 0 aromatic heterocycles. The molecule has 2 aliphatic heterocycles. The minimum absolute atomic E-state index is 0.0582. The van der Waals surface area contributed by atoms with Gasteiger partial charge in [0.15, 0.2) is 0 Å². The van der Waals surface area contributed by atoms with Crippen LogP contribution in [0.5, 0.6) is 5.75 Å². The molecular weight excluding hydrogens is 332 g/mol. The Kier molecular flexibility index (Phi) is 5.47. The standard InChI is InChI=1S/C17H21F2N3O3/c18-17(19)25-14-6-2-1-4-12(14)15(23)22-9-3-5-13(22)16(24)21-10-7-20-8-11-21/h1-2,4,6,13,17,20H,3,5,7-11H2. The van der Waals surface area contributed by atoms with E-state index in [0.717, 1.165) is 13.1 Å². The van der Waals surface area contributed by atoms with E-state index in [-0.39, 0.29) is 17.2 Å². The summed E-state index contributed by atoms with van der Waals surface area (Å²) in [6, 6.07) is 5.37. The zero-order valence-corrected chi connectivity index (χ0v) is 13.8. The highest BCUT2D eigenvalue weighted by Gasteiger charge is 2.38. The first kappa shape index (κ1) is 17.6. The van der Waals surface area contributed by atoms with Gasteiger partial charge in [0.1, 0.15) is 11.8 Å². The molecule has 2 saturated heterocycles. The Morgan fingerprint density at radius 2 is 1.88 bits per heavy atom. The number of carbonyl (C=O) groups excluding carboxylic acids is 2. The van der Waals surface area contributed by atoms with E-state index in [1.165, 1.54) is 23.1 Å². The van der Waals surface area contributed by atoms with Crippen LogP contribution in [0.1, 0.15) is 23.2 Å². The van der Waals surface area contributed by atoms with Crippen LogP contribution in [0.4, 0.5) is 8.78 Å². The molecule has 0 aliphatic carbocycles. The molecule has 6 nitrogen and oxygen atoms in total. The quantitative estimate of drug-likeness (QED) is 0.887. The van der Waals surface area contributed by atoms with Crippen molar-refractivity contribution >= 4 is 11.8 Å². The fourth-order valence-electron chi connectivity index (χ4n) is 3.36. The highest BCUT2D eigenvalue weighted by Crippen LogP contribution is 2.27. The molecule has 0 bridgehead atoms. The second-order valence-corrected chi connectivity index (χ2v) is 6.11. The van der Waals surface area contributed by atoms with Crippen LogP contribution in [0.25, 0.3) is 0 Å². The molecule has 3 rings (SSSR count). The van der Waals surface area contributed by atoms with E-state index >= 15 is 0 Å². The first-order valence-electron chi connectivity index (χ1n) is 8.42. The lowest BCUT2D eigenvalue weighted by Gasteiger charge is -2.33. The van der Waals surface area contributed by atoms with Crippen molar-refractivity contribution in [1.29, 1.82) is 0 Å². The van der Waals surface area contributed by atoms with Gasteiger partial charge in [-0.05, 0) is 25.0 Å². The van der Waals surface area contributed by atoms with Crippen molar-refractivity contribution in [3.63, 3.8) is 0 Å². The van der Waals surface area contributed by atoms with Gasteiger partial charge in [0.25, 0.3) is 5.91 Å². The van der Waals surface area contributed by atoms with Crippen molar-refractivity contribution in [1.82, 2.24) is 15.1 Å². The van der Waals surface area contributed by atoms with Gasteiger partial charge in [0.05, 0.1) is 5.56 Å². The van der Waals surface area contributed by atoms with Crippen LogP contribution in [0, 0.1) is 0 Å². The third-order valence-corrected chi connectivity index (χ3v) is 4.56. The summed E-state index contributed by atoms with van der Waals surface area (Å²) in [6.07, 6.45) is 1.30. The number of alkyl halides is 2. The average molecular weight is 353 g/mol. The molecule has 1 N–H and O–H groups in total. The second kappa shape index (κ2) is 7.77. The van der Waals surface area contributed by atoms with Crippen LogP contribution in [0.2, 0.25) is 0 Å². The van der Waals surface area contributed by atoms with E-state index in [4.69, 9.17) is 0 Å². The van der Waals surface area contributed by atoms with Crippen LogP contribution in [-0.4, -0.2) is 67.0 Å². The van der Waals surface area contributed by atoms with Crippen LogP contribution in [-0.2, 0) is 4.79 Å². The summed E-state index contributed by atoms with van der Waals surface area (Å²) in [5.41, 5.74) is 0.0582. The van der Waals surface area contributed by atoms with Crippen molar-refractivity contribution < 1.29 is 23.1 Å². The Balaban J connectivity index is 1.78. The largest absolute Gasteiger partial charge is 0.434 e. The smallest absolute Gasteiger partial charge is 0.387 e. The summed E-state index contributed by atoms with van der Waals surface area (Å²) >= 11 is 0. The van der Waals surface area contributed by atoms with Gasteiger partial charge in [-0.2, -0.15) is 8.78 Å². The van der Waals surface area contributed by atoms with Crippen LogP contribution < -0.4 is 10.1 Å². The number of amides is 2. The second-order valence-electron chi connectivity index (χ2n) is 6.11. The Morgan fingerprint density at radius 1 is 1.16 bits per heavy atom. The maximum absolute atomic E-state index is 12.9. The van der Waals surface area contributed by atoms with Crippen LogP contribution in [0.3, 0.4) is 0 Å². The van der Waals surface area contributed by atoms with Crippen molar-refractivity contribution in [2.45, 2.75) is 25.5 Å².